The number of halogens is 1. The van der Waals surface area contributed by atoms with Crippen LogP contribution in [0.2, 0.25) is 5.02 Å². The molecular weight excluding hydrogens is 288 g/mol. The maximum absolute atomic E-state index is 10.5. The molecule has 1 N–H and O–H groups in total. The van der Waals surface area contributed by atoms with Gasteiger partial charge >= 0.3 is 0 Å². The fourth-order valence-electron chi connectivity index (χ4n) is 1.64. The molecular formula is C13H19ClO4S. The lowest BCUT2D eigenvalue weighted by Crippen LogP contribution is -2.04. The maximum Gasteiger partial charge on any atom is 0.264 e. The lowest BCUT2D eigenvalue weighted by Gasteiger charge is -2.08. The summed E-state index contributed by atoms with van der Waals surface area (Å²) < 4.78 is 35.1. The van der Waals surface area contributed by atoms with Crippen molar-refractivity contribution in [1.82, 2.24) is 0 Å². The van der Waals surface area contributed by atoms with Gasteiger partial charge in [-0.25, -0.2) is 0 Å². The molecule has 0 spiro atoms. The Morgan fingerprint density at radius 1 is 1.21 bits per heavy atom. The highest BCUT2D eigenvalue weighted by Gasteiger charge is 2.04. The molecule has 1 rings (SSSR count). The number of rotatable bonds is 8. The fraction of sp³-hybridized carbons (Fsp3) is 0.538. The first-order valence-corrected chi connectivity index (χ1v) is 8.21. The van der Waals surface area contributed by atoms with E-state index in [2.05, 4.69) is 0 Å². The third kappa shape index (κ3) is 7.40. The molecule has 0 heterocycles. The quantitative estimate of drug-likeness (QED) is 0.590. The lowest BCUT2D eigenvalue weighted by molar-refractivity contribution is 0.305. The Kier molecular flexibility index (Phi) is 6.62. The van der Waals surface area contributed by atoms with Gasteiger partial charge in [0.25, 0.3) is 10.1 Å². The van der Waals surface area contributed by atoms with Crippen LogP contribution in [0.1, 0.15) is 31.2 Å². The molecule has 0 amide bonds. The van der Waals surface area contributed by atoms with Crippen LogP contribution in [0.15, 0.2) is 18.2 Å². The Hall–Kier alpha value is -0.780. The fourth-order valence-corrected chi connectivity index (χ4v) is 2.38. The van der Waals surface area contributed by atoms with Gasteiger partial charge in [-0.15, -0.1) is 0 Å². The largest absolute Gasteiger partial charge is 0.492 e. The monoisotopic (exact) mass is 306 g/mol. The van der Waals surface area contributed by atoms with Gasteiger partial charge in [0.2, 0.25) is 0 Å². The first-order valence-electron chi connectivity index (χ1n) is 6.22. The van der Waals surface area contributed by atoms with Crippen LogP contribution in [0.25, 0.3) is 0 Å². The van der Waals surface area contributed by atoms with Gasteiger partial charge in [0.15, 0.2) is 0 Å². The van der Waals surface area contributed by atoms with Gasteiger partial charge in [0, 0.05) is 0 Å². The molecule has 0 bridgehead atoms. The highest BCUT2D eigenvalue weighted by molar-refractivity contribution is 7.85. The van der Waals surface area contributed by atoms with E-state index in [-0.39, 0.29) is 5.75 Å². The molecule has 1 aromatic rings. The van der Waals surface area contributed by atoms with Crippen LogP contribution in [0.4, 0.5) is 0 Å². The van der Waals surface area contributed by atoms with Gasteiger partial charge in [-0.3, -0.25) is 4.55 Å². The van der Waals surface area contributed by atoms with Crippen molar-refractivity contribution in [3.05, 3.63) is 28.8 Å². The highest BCUT2D eigenvalue weighted by atomic mass is 35.5. The number of unbranched alkanes of at least 4 members (excludes halogenated alkanes) is 3. The zero-order valence-electron chi connectivity index (χ0n) is 10.9. The second-order valence-electron chi connectivity index (χ2n) is 4.48. The summed E-state index contributed by atoms with van der Waals surface area (Å²) in [6.45, 7) is 2.52. The summed E-state index contributed by atoms with van der Waals surface area (Å²) in [5.74, 6) is 0.511. The van der Waals surface area contributed by atoms with Crippen molar-refractivity contribution in [2.75, 3.05) is 12.4 Å². The summed E-state index contributed by atoms with van der Waals surface area (Å²) in [7, 11) is -3.82. The Morgan fingerprint density at radius 3 is 2.58 bits per heavy atom. The van der Waals surface area contributed by atoms with Gasteiger partial charge in [-0.1, -0.05) is 30.5 Å². The third-order valence-electron chi connectivity index (χ3n) is 2.64. The van der Waals surface area contributed by atoms with Crippen molar-refractivity contribution in [3.63, 3.8) is 0 Å². The number of ether oxygens (including phenoxy) is 1. The number of aryl methyl sites for hydroxylation is 1. The smallest absolute Gasteiger partial charge is 0.264 e. The molecule has 0 fully saturated rings. The molecule has 0 aliphatic heterocycles. The summed E-state index contributed by atoms with van der Waals surface area (Å²) in [6, 6.07) is 5.61. The molecule has 6 heteroatoms. The van der Waals surface area contributed by atoms with Crippen LogP contribution in [0.3, 0.4) is 0 Å². The molecule has 0 aromatic heterocycles. The summed E-state index contributed by atoms with van der Waals surface area (Å²) >= 11 is 5.99. The van der Waals surface area contributed by atoms with E-state index in [1.807, 2.05) is 19.1 Å². The third-order valence-corrected chi connectivity index (χ3v) is 3.76. The van der Waals surface area contributed by atoms with Crippen LogP contribution < -0.4 is 4.74 Å². The average molecular weight is 307 g/mol. The molecule has 19 heavy (non-hydrogen) atoms. The minimum absolute atomic E-state index is 0.169. The van der Waals surface area contributed by atoms with E-state index < -0.39 is 10.1 Å². The van der Waals surface area contributed by atoms with E-state index in [0.717, 1.165) is 24.8 Å². The topological polar surface area (TPSA) is 63.6 Å². The molecule has 0 radical (unpaired) electrons. The molecule has 108 valence electrons. The number of hydrogen-bond acceptors (Lipinski definition) is 3. The molecule has 0 aliphatic carbocycles. The summed E-state index contributed by atoms with van der Waals surface area (Å²) in [5.41, 5.74) is 1.09. The van der Waals surface area contributed by atoms with Gasteiger partial charge in [-0.05, 0) is 37.5 Å². The number of hydrogen-bond donors (Lipinski definition) is 1. The SMILES string of the molecule is Cc1ccc(Cl)c(OCCCCCCS(=O)(=O)O)c1. The predicted octanol–water partition coefficient (Wildman–Crippen LogP) is 3.48. The Morgan fingerprint density at radius 2 is 1.89 bits per heavy atom. The van der Waals surface area contributed by atoms with E-state index in [0.29, 0.717) is 23.8 Å². The first kappa shape index (κ1) is 16.3. The molecule has 0 aliphatic rings. The van der Waals surface area contributed by atoms with E-state index in [1.165, 1.54) is 0 Å². The van der Waals surface area contributed by atoms with Crippen LogP contribution in [-0.4, -0.2) is 25.3 Å². The van der Waals surface area contributed by atoms with Crippen molar-refractivity contribution >= 4 is 21.7 Å². The minimum Gasteiger partial charge on any atom is -0.492 e. The molecule has 0 unspecified atom stereocenters. The summed E-state index contributed by atoms with van der Waals surface area (Å²) in [4.78, 5) is 0. The van der Waals surface area contributed by atoms with Crippen LogP contribution >= 0.6 is 11.6 Å². The molecule has 0 saturated carbocycles. The maximum atomic E-state index is 10.5. The zero-order chi connectivity index (χ0) is 14.3. The van der Waals surface area contributed by atoms with Crippen LogP contribution in [-0.2, 0) is 10.1 Å². The van der Waals surface area contributed by atoms with Crippen molar-refractivity contribution < 1.29 is 17.7 Å². The van der Waals surface area contributed by atoms with E-state index >= 15 is 0 Å². The standard InChI is InChI=1S/C13H19ClO4S/c1-11-6-7-12(14)13(10-11)18-8-4-2-3-5-9-19(15,16)17/h6-7,10H,2-5,8-9H2,1H3,(H,15,16,17). The Labute approximate surface area is 119 Å². The predicted molar refractivity (Wildman–Crippen MR) is 76.6 cm³/mol. The Balaban J connectivity index is 2.16. The van der Waals surface area contributed by atoms with E-state index in [9.17, 15) is 8.42 Å². The minimum atomic E-state index is -3.82. The summed E-state index contributed by atoms with van der Waals surface area (Å²) in [5, 5.41) is 0.594. The van der Waals surface area contributed by atoms with Crippen molar-refractivity contribution in [2.24, 2.45) is 0 Å². The molecule has 0 atom stereocenters. The Bertz CT molecular complexity index is 499. The van der Waals surface area contributed by atoms with E-state index in [4.69, 9.17) is 20.9 Å². The van der Waals surface area contributed by atoms with Gasteiger partial charge in [-0.2, -0.15) is 8.42 Å². The second-order valence-corrected chi connectivity index (χ2v) is 6.46. The first-order chi connectivity index (χ1) is 8.88. The normalized spacial score (nSPS) is 11.5. The lowest BCUT2D eigenvalue weighted by atomic mass is 10.2. The van der Waals surface area contributed by atoms with Crippen LogP contribution in [0, 0.1) is 6.92 Å². The van der Waals surface area contributed by atoms with Crippen molar-refractivity contribution in [1.29, 1.82) is 0 Å². The van der Waals surface area contributed by atoms with Crippen LogP contribution in [0.5, 0.6) is 5.75 Å². The zero-order valence-corrected chi connectivity index (χ0v) is 12.5. The van der Waals surface area contributed by atoms with E-state index in [1.54, 1.807) is 6.07 Å². The summed E-state index contributed by atoms with van der Waals surface area (Å²) in [6.07, 6.45) is 2.92. The van der Waals surface area contributed by atoms with Crippen molar-refractivity contribution in [3.8, 4) is 5.75 Å². The number of benzene rings is 1. The second kappa shape index (κ2) is 7.72. The molecule has 0 saturated heterocycles. The molecule has 1 aromatic carbocycles. The molecule has 4 nitrogen and oxygen atoms in total. The average Bonchev–Trinajstić information content (AvgIpc) is 2.31. The van der Waals surface area contributed by atoms with Gasteiger partial charge in [0.1, 0.15) is 5.75 Å². The van der Waals surface area contributed by atoms with Gasteiger partial charge < -0.3 is 4.74 Å². The highest BCUT2D eigenvalue weighted by Crippen LogP contribution is 2.25. The van der Waals surface area contributed by atoms with Gasteiger partial charge in [0.05, 0.1) is 17.4 Å². The van der Waals surface area contributed by atoms with Crippen molar-refractivity contribution in [2.45, 2.75) is 32.6 Å².